The van der Waals surface area contributed by atoms with Gasteiger partial charge in [0.2, 0.25) is 11.8 Å². The monoisotopic (exact) mass is 384 g/mol. The molecule has 8 heteroatoms. The van der Waals surface area contributed by atoms with E-state index < -0.39 is 24.1 Å². The molecular weight excluding hydrogens is 348 g/mol. The van der Waals surface area contributed by atoms with E-state index in [1.165, 1.54) is 4.90 Å². The SMILES string of the molecule is CN[C@@H](C)C(=O)N[C@H](C(=O)N1CCN(CCC(C)C)C[C@H]1C(=O)O)C(C)C. The van der Waals surface area contributed by atoms with Crippen LogP contribution in [0.4, 0.5) is 0 Å². The van der Waals surface area contributed by atoms with Crippen LogP contribution in [0.15, 0.2) is 0 Å². The van der Waals surface area contributed by atoms with E-state index in [4.69, 9.17) is 0 Å². The molecule has 1 fully saturated rings. The van der Waals surface area contributed by atoms with Gasteiger partial charge in [-0.25, -0.2) is 4.79 Å². The molecule has 0 saturated carbocycles. The second-order valence-electron chi connectivity index (χ2n) is 8.11. The molecule has 27 heavy (non-hydrogen) atoms. The van der Waals surface area contributed by atoms with Crippen molar-refractivity contribution in [1.29, 1.82) is 0 Å². The fraction of sp³-hybridized carbons (Fsp3) is 0.842. The van der Waals surface area contributed by atoms with Crippen molar-refractivity contribution in [2.45, 2.75) is 59.2 Å². The first kappa shape index (κ1) is 23.4. The first-order valence-corrected chi connectivity index (χ1v) is 9.81. The van der Waals surface area contributed by atoms with Crippen LogP contribution in [-0.4, -0.2) is 84.0 Å². The molecule has 3 atom stereocenters. The van der Waals surface area contributed by atoms with Gasteiger partial charge in [-0.15, -0.1) is 0 Å². The molecule has 0 spiro atoms. The lowest BCUT2D eigenvalue weighted by molar-refractivity contribution is -0.155. The van der Waals surface area contributed by atoms with Crippen molar-refractivity contribution in [2.24, 2.45) is 11.8 Å². The molecule has 1 saturated heterocycles. The molecule has 0 radical (unpaired) electrons. The van der Waals surface area contributed by atoms with Gasteiger partial charge < -0.3 is 20.6 Å². The molecular formula is C19H36N4O4. The molecule has 1 aliphatic rings. The average molecular weight is 385 g/mol. The number of carboxylic acids is 1. The Hall–Kier alpha value is -1.67. The zero-order valence-electron chi connectivity index (χ0n) is 17.5. The van der Waals surface area contributed by atoms with E-state index in [1.807, 2.05) is 13.8 Å². The average Bonchev–Trinajstić information content (AvgIpc) is 2.62. The topological polar surface area (TPSA) is 102 Å². The highest BCUT2D eigenvalue weighted by atomic mass is 16.4. The van der Waals surface area contributed by atoms with Gasteiger partial charge in [-0.1, -0.05) is 27.7 Å². The summed E-state index contributed by atoms with van der Waals surface area (Å²) in [7, 11) is 1.67. The standard InChI is InChI=1S/C19H36N4O4/c1-12(2)7-8-22-9-10-23(15(11-22)19(26)27)18(25)16(13(3)4)21-17(24)14(5)20-6/h12-16,20H,7-11H2,1-6H3,(H,21,24)(H,26,27)/t14-,15-,16-/m0/s1. The summed E-state index contributed by atoms with van der Waals surface area (Å²) in [6.45, 7) is 11.8. The number of carbonyl (C=O) groups excluding carboxylic acids is 2. The lowest BCUT2D eigenvalue weighted by Crippen LogP contribution is -2.63. The third-order valence-corrected chi connectivity index (χ3v) is 5.11. The van der Waals surface area contributed by atoms with Crippen LogP contribution in [0.25, 0.3) is 0 Å². The first-order chi connectivity index (χ1) is 12.6. The maximum Gasteiger partial charge on any atom is 0.327 e. The Bertz CT molecular complexity index is 524. The van der Waals surface area contributed by atoms with Crippen molar-refractivity contribution in [1.82, 2.24) is 20.4 Å². The van der Waals surface area contributed by atoms with Gasteiger partial charge in [-0.05, 0) is 38.8 Å². The van der Waals surface area contributed by atoms with Crippen molar-refractivity contribution in [2.75, 3.05) is 33.2 Å². The minimum atomic E-state index is -1.00. The van der Waals surface area contributed by atoms with Gasteiger partial charge in [0.25, 0.3) is 0 Å². The normalized spacial score (nSPS) is 20.6. The zero-order valence-corrected chi connectivity index (χ0v) is 17.5. The molecule has 8 nitrogen and oxygen atoms in total. The molecule has 3 N–H and O–H groups in total. The number of carboxylic acid groups (broad SMARTS) is 1. The maximum absolute atomic E-state index is 13.1. The van der Waals surface area contributed by atoms with Crippen LogP contribution in [0.3, 0.4) is 0 Å². The highest BCUT2D eigenvalue weighted by Gasteiger charge is 2.39. The Morgan fingerprint density at radius 1 is 1.11 bits per heavy atom. The molecule has 2 amide bonds. The summed E-state index contributed by atoms with van der Waals surface area (Å²) in [6.07, 6.45) is 0.993. The fourth-order valence-corrected chi connectivity index (χ4v) is 3.06. The summed E-state index contributed by atoms with van der Waals surface area (Å²) in [5.74, 6) is -1.19. The van der Waals surface area contributed by atoms with Crippen LogP contribution in [0, 0.1) is 11.8 Å². The van der Waals surface area contributed by atoms with E-state index in [0.29, 0.717) is 25.6 Å². The van der Waals surface area contributed by atoms with Gasteiger partial charge in [-0.3, -0.25) is 14.5 Å². The minimum Gasteiger partial charge on any atom is -0.480 e. The second-order valence-corrected chi connectivity index (χ2v) is 8.11. The molecule has 0 aliphatic carbocycles. The molecule has 1 aliphatic heterocycles. The van der Waals surface area contributed by atoms with Crippen molar-refractivity contribution < 1.29 is 19.5 Å². The molecule has 1 heterocycles. The highest BCUT2D eigenvalue weighted by Crippen LogP contribution is 2.16. The quantitative estimate of drug-likeness (QED) is 0.531. The third-order valence-electron chi connectivity index (χ3n) is 5.11. The van der Waals surface area contributed by atoms with E-state index in [-0.39, 0.29) is 17.7 Å². The van der Waals surface area contributed by atoms with Gasteiger partial charge >= 0.3 is 5.97 Å². The first-order valence-electron chi connectivity index (χ1n) is 9.81. The molecule has 0 aromatic carbocycles. The molecule has 0 bridgehead atoms. The lowest BCUT2D eigenvalue weighted by Gasteiger charge is -2.41. The van der Waals surface area contributed by atoms with Crippen LogP contribution in [0.5, 0.6) is 0 Å². The Balaban J connectivity index is 2.87. The summed E-state index contributed by atoms with van der Waals surface area (Å²) in [4.78, 5) is 40.6. The van der Waals surface area contributed by atoms with Crippen molar-refractivity contribution in [3.8, 4) is 0 Å². The Labute approximate surface area is 162 Å². The van der Waals surface area contributed by atoms with Crippen molar-refractivity contribution in [3.05, 3.63) is 0 Å². The Morgan fingerprint density at radius 3 is 2.22 bits per heavy atom. The van der Waals surface area contributed by atoms with Gasteiger partial charge in [0.1, 0.15) is 12.1 Å². The second kappa shape index (κ2) is 10.6. The van der Waals surface area contributed by atoms with Gasteiger partial charge in [0.15, 0.2) is 0 Å². The number of carbonyl (C=O) groups is 3. The number of nitrogens with zero attached hydrogens (tertiary/aromatic N) is 2. The molecule has 156 valence electrons. The van der Waals surface area contributed by atoms with Gasteiger partial charge in [0.05, 0.1) is 6.04 Å². The smallest absolute Gasteiger partial charge is 0.327 e. The molecule has 0 aromatic rings. The number of piperazine rings is 1. The van der Waals surface area contributed by atoms with Crippen molar-refractivity contribution in [3.63, 3.8) is 0 Å². The van der Waals surface area contributed by atoms with E-state index in [0.717, 1.165) is 13.0 Å². The van der Waals surface area contributed by atoms with E-state index >= 15 is 0 Å². The van der Waals surface area contributed by atoms with Gasteiger partial charge in [0, 0.05) is 19.6 Å². The Morgan fingerprint density at radius 2 is 1.74 bits per heavy atom. The number of likely N-dealkylation sites (N-methyl/N-ethyl adjacent to an activating group) is 1. The molecule has 0 unspecified atom stereocenters. The fourth-order valence-electron chi connectivity index (χ4n) is 3.06. The lowest BCUT2D eigenvalue weighted by atomic mass is 10.00. The molecule has 1 rings (SSSR count). The largest absolute Gasteiger partial charge is 0.480 e. The van der Waals surface area contributed by atoms with Crippen LogP contribution >= 0.6 is 0 Å². The number of amides is 2. The summed E-state index contributed by atoms with van der Waals surface area (Å²) < 4.78 is 0. The van der Waals surface area contributed by atoms with Crippen LogP contribution in [0.1, 0.15) is 41.0 Å². The van der Waals surface area contributed by atoms with Gasteiger partial charge in [-0.2, -0.15) is 0 Å². The molecule has 0 aromatic heterocycles. The van der Waals surface area contributed by atoms with E-state index in [9.17, 15) is 19.5 Å². The van der Waals surface area contributed by atoms with Crippen LogP contribution in [-0.2, 0) is 14.4 Å². The van der Waals surface area contributed by atoms with E-state index in [1.54, 1.807) is 14.0 Å². The highest BCUT2D eigenvalue weighted by molar-refractivity contribution is 5.92. The number of nitrogens with one attached hydrogen (secondary N) is 2. The number of hydrogen-bond acceptors (Lipinski definition) is 5. The maximum atomic E-state index is 13.1. The summed E-state index contributed by atoms with van der Waals surface area (Å²) in [6, 6.07) is -2.06. The number of rotatable bonds is 9. The van der Waals surface area contributed by atoms with E-state index in [2.05, 4.69) is 29.4 Å². The summed E-state index contributed by atoms with van der Waals surface area (Å²) >= 11 is 0. The minimum absolute atomic E-state index is 0.140. The third kappa shape index (κ3) is 6.77. The summed E-state index contributed by atoms with van der Waals surface area (Å²) in [5, 5.41) is 15.3. The predicted molar refractivity (Wildman–Crippen MR) is 104 cm³/mol. The van der Waals surface area contributed by atoms with Crippen LogP contribution in [0.2, 0.25) is 0 Å². The Kier molecular flexibility index (Phi) is 9.18. The number of aliphatic carboxylic acids is 1. The van der Waals surface area contributed by atoms with Crippen LogP contribution < -0.4 is 10.6 Å². The summed E-state index contributed by atoms with van der Waals surface area (Å²) in [5.41, 5.74) is 0. The predicted octanol–water partition coefficient (Wildman–Crippen LogP) is 0.379. The van der Waals surface area contributed by atoms with Crippen molar-refractivity contribution >= 4 is 17.8 Å². The number of hydrogen-bond donors (Lipinski definition) is 3. The zero-order chi connectivity index (χ0) is 20.7.